The average Bonchev–Trinajstić information content (AvgIpc) is 3.15. The van der Waals surface area contributed by atoms with Gasteiger partial charge in [-0.3, -0.25) is 9.59 Å². The maximum atomic E-state index is 12.5. The average molecular weight is 259 g/mol. The maximum Gasteiger partial charge on any atom is 0.241 e. The second kappa shape index (κ2) is 4.06. The van der Waals surface area contributed by atoms with Crippen molar-refractivity contribution in [2.45, 2.75) is 19.3 Å². The number of nitrogens with zero attached hydrogens (tertiary/aromatic N) is 1. The van der Waals surface area contributed by atoms with E-state index < -0.39 is 5.41 Å². The molecule has 0 aromatic heterocycles. The van der Waals surface area contributed by atoms with Gasteiger partial charge in [-0.15, -0.1) is 0 Å². The van der Waals surface area contributed by atoms with Crippen LogP contribution >= 0.6 is 0 Å². The number of amides is 2. The summed E-state index contributed by atoms with van der Waals surface area (Å²) >= 11 is 0. The summed E-state index contributed by atoms with van der Waals surface area (Å²) in [5.74, 6) is -0.274. The summed E-state index contributed by atoms with van der Waals surface area (Å²) in [6.07, 6.45) is 1.86. The highest BCUT2D eigenvalue weighted by Crippen LogP contribution is 2.48. The van der Waals surface area contributed by atoms with Crippen LogP contribution in [0.1, 0.15) is 18.4 Å². The minimum Gasteiger partial charge on any atom is -0.388 e. The molecular formula is C14H17N3O2. The van der Waals surface area contributed by atoms with Gasteiger partial charge in [0.05, 0.1) is 17.5 Å². The van der Waals surface area contributed by atoms with Crippen molar-refractivity contribution in [1.82, 2.24) is 0 Å². The van der Waals surface area contributed by atoms with Crippen LogP contribution in [0.15, 0.2) is 18.2 Å². The van der Waals surface area contributed by atoms with Gasteiger partial charge in [-0.25, -0.2) is 4.90 Å². The first-order valence-electron chi connectivity index (χ1n) is 6.49. The van der Waals surface area contributed by atoms with Crippen LogP contribution in [0.2, 0.25) is 0 Å². The van der Waals surface area contributed by atoms with E-state index in [-0.39, 0.29) is 18.2 Å². The number of fused-ring (bicyclic) bond motifs is 1. The number of nitrogens with two attached hydrogens (primary N) is 1. The van der Waals surface area contributed by atoms with E-state index in [1.165, 1.54) is 4.90 Å². The van der Waals surface area contributed by atoms with Crippen LogP contribution in [0.4, 0.5) is 11.4 Å². The summed E-state index contributed by atoms with van der Waals surface area (Å²) in [6, 6.07) is 5.62. The molecule has 1 saturated carbocycles. The Balaban J connectivity index is 1.97. The summed E-state index contributed by atoms with van der Waals surface area (Å²) < 4.78 is 0. The lowest BCUT2D eigenvalue weighted by Gasteiger charge is -2.21. The molecule has 0 saturated heterocycles. The third-order valence-electron chi connectivity index (χ3n) is 4.10. The minimum absolute atomic E-state index is 0.129. The molecule has 1 aromatic rings. The van der Waals surface area contributed by atoms with E-state index in [1.807, 2.05) is 25.2 Å². The molecule has 3 N–H and O–H groups in total. The lowest BCUT2D eigenvalue weighted by atomic mass is 10.1. The van der Waals surface area contributed by atoms with Gasteiger partial charge in [-0.05, 0) is 36.6 Å². The fraction of sp³-hybridized carbons (Fsp3) is 0.429. The summed E-state index contributed by atoms with van der Waals surface area (Å²) in [5, 5.41) is 3.03. The quantitative estimate of drug-likeness (QED) is 0.790. The lowest BCUT2D eigenvalue weighted by Crippen LogP contribution is -2.42. The number of hydrogen-bond acceptors (Lipinski definition) is 4. The van der Waals surface area contributed by atoms with Crippen molar-refractivity contribution in [1.29, 1.82) is 0 Å². The number of carbonyl (C=O) groups is 2. The van der Waals surface area contributed by atoms with E-state index in [1.54, 1.807) is 0 Å². The predicted octanol–water partition coefficient (Wildman–Crippen LogP) is 0.883. The summed E-state index contributed by atoms with van der Waals surface area (Å²) in [7, 11) is 1.83. The smallest absolute Gasteiger partial charge is 0.241 e. The Morgan fingerprint density at radius 2 is 2.21 bits per heavy atom. The predicted molar refractivity (Wildman–Crippen MR) is 72.9 cm³/mol. The Bertz CT molecular complexity index is 564. The largest absolute Gasteiger partial charge is 0.388 e. The molecule has 2 amide bonds. The molecule has 5 heteroatoms. The molecule has 1 aliphatic carbocycles. The molecule has 1 aliphatic heterocycles. The van der Waals surface area contributed by atoms with Crippen molar-refractivity contribution in [3.05, 3.63) is 23.8 Å². The van der Waals surface area contributed by atoms with Crippen molar-refractivity contribution in [2.75, 3.05) is 23.8 Å². The highest BCUT2D eigenvalue weighted by Gasteiger charge is 2.53. The van der Waals surface area contributed by atoms with Crippen LogP contribution < -0.4 is 16.0 Å². The molecule has 0 bridgehead atoms. The van der Waals surface area contributed by atoms with Crippen molar-refractivity contribution in [3.8, 4) is 0 Å². The fourth-order valence-electron chi connectivity index (χ4n) is 2.59. The Morgan fingerprint density at radius 1 is 1.47 bits per heavy atom. The molecule has 5 nitrogen and oxygen atoms in total. The molecule has 3 rings (SSSR count). The molecule has 0 radical (unpaired) electrons. The van der Waals surface area contributed by atoms with Crippen LogP contribution in [0, 0.1) is 5.41 Å². The molecule has 1 fully saturated rings. The zero-order chi connectivity index (χ0) is 13.6. The second-order valence-electron chi connectivity index (χ2n) is 5.29. The number of hydrogen-bond donors (Lipinski definition) is 2. The molecule has 100 valence electrons. The van der Waals surface area contributed by atoms with Gasteiger partial charge in [-0.2, -0.15) is 0 Å². The molecule has 1 heterocycles. The van der Waals surface area contributed by atoms with Gasteiger partial charge in [0.25, 0.3) is 0 Å². The van der Waals surface area contributed by atoms with Gasteiger partial charge in [0.15, 0.2) is 0 Å². The standard InChI is InChI=1S/C14H17N3O2/c1-16-10-2-3-11-9(6-10)7-12(18)17(11)13(19)14(8-15)4-5-14/h2-3,6,16H,4-5,7-8,15H2,1H3. The van der Waals surface area contributed by atoms with E-state index in [0.717, 1.165) is 24.1 Å². The Kier molecular flexibility index (Phi) is 2.60. The monoisotopic (exact) mass is 259 g/mol. The molecular weight excluding hydrogens is 242 g/mol. The Labute approximate surface area is 111 Å². The number of benzene rings is 1. The van der Waals surface area contributed by atoms with E-state index in [2.05, 4.69) is 5.32 Å². The molecule has 2 aliphatic rings. The zero-order valence-corrected chi connectivity index (χ0v) is 10.9. The van der Waals surface area contributed by atoms with Gasteiger partial charge >= 0.3 is 0 Å². The highest BCUT2D eigenvalue weighted by molar-refractivity contribution is 6.21. The molecule has 19 heavy (non-hydrogen) atoms. The number of nitrogens with one attached hydrogen (secondary N) is 1. The molecule has 0 spiro atoms. The highest BCUT2D eigenvalue weighted by atomic mass is 16.2. The van der Waals surface area contributed by atoms with Gasteiger partial charge in [0.2, 0.25) is 11.8 Å². The first kappa shape index (κ1) is 12.2. The van der Waals surface area contributed by atoms with E-state index in [4.69, 9.17) is 5.73 Å². The first-order chi connectivity index (χ1) is 9.11. The first-order valence-corrected chi connectivity index (χ1v) is 6.49. The van der Waals surface area contributed by atoms with Crippen LogP contribution in [-0.2, 0) is 16.0 Å². The van der Waals surface area contributed by atoms with Crippen molar-refractivity contribution < 1.29 is 9.59 Å². The van der Waals surface area contributed by atoms with E-state index in [9.17, 15) is 9.59 Å². The Hall–Kier alpha value is -1.88. The summed E-state index contributed by atoms with van der Waals surface area (Å²) in [6.45, 7) is 0.319. The van der Waals surface area contributed by atoms with Gasteiger partial charge in [0.1, 0.15) is 0 Å². The number of carbonyl (C=O) groups excluding carboxylic acids is 2. The van der Waals surface area contributed by atoms with Crippen molar-refractivity contribution in [2.24, 2.45) is 11.1 Å². The normalized spacial score (nSPS) is 19.3. The van der Waals surface area contributed by atoms with Gasteiger partial charge < -0.3 is 11.1 Å². The maximum absolute atomic E-state index is 12.5. The minimum atomic E-state index is -0.487. The second-order valence-corrected chi connectivity index (χ2v) is 5.29. The topological polar surface area (TPSA) is 75.4 Å². The third-order valence-corrected chi connectivity index (χ3v) is 4.10. The van der Waals surface area contributed by atoms with Gasteiger partial charge in [0, 0.05) is 19.3 Å². The van der Waals surface area contributed by atoms with Crippen LogP contribution in [0.5, 0.6) is 0 Å². The van der Waals surface area contributed by atoms with Crippen molar-refractivity contribution >= 4 is 23.2 Å². The van der Waals surface area contributed by atoms with Crippen LogP contribution in [0.25, 0.3) is 0 Å². The summed E-state index contributed by atoms with van der Waals surface area (Å²) in [4.78, 5) is 25.9. The van der Waals surface area contributed by atoms with Crippen molar-refractivity contribution in [3.63, 3.8) is 0 Å². The Morgan fingerprint density at radius 3 is 2.79 bits per heavy atom. The fourth-order valence-corrected chi connectivity index (χ4v) is 2.59. The van der Waals surface area contributed by atoms with E-state index in [0.29, 0.717) is 12.2 Å². The van der Waals surface area contributed by atoms with E-state index >= 15 is 0 Å². The zero-order valence-electron chi connectivity index (χ0n) is 10.9. The molecule has 1 aromatic carbocycles. The summed E-state index contributed by atoms with van der Waals surface area (Å²) in [5.41, 5.74) is 7.75. The third kappa shape index (κ3) is 1.73. The number of imide groups is 1. The van der Waals surface area contributed by atoms with Crippen LogP contribution in [-0.4, -0.2) is 25.4 Å². The number of rotatable bonds is 3. The molecule has 0 atom stereocenters. The van der Waals surface area contributed by atoms with Crippen LogP contribution in [0.3, 0.4) is 0 Å². The SMILES string of the molecule is CNc1ccc2c(c1)CC(=O)N2C(=O)C1(CN)CC1. The molecule has 0 unspecified atom stereocenters. The van der Waals surface area contributed by atoms with Gasteiger partial charge in [-0.1, -0.05) is 0 Å². The number of anilines is 2. The lowest BCUT2D eigenvalue weighted by molar-refractivity contribution is -0.128.